The monoisotopic (exact) mass is 347 g/mol. The molecule has 0 saturated heterocycles. The largest absolute Gasteiger partial charge is 0.451 e. The van der Waals surface area contributed by atoms with Crippen LogP contribution in [0.4, 0.5) is 0 Å². The molecular formula is C22H21NO3. The highest BCUT2D eigenvalue weighted by Gasteiger charge is 2.34. The van der Waals surface area contributed by atoms with E-state index in [9.17, 15) is 9.59 Å². The Morgan fingerprint density at radius 1 is 1.04 bits per heavy atom. The van der Waals surface area contributed by atoms with Gasteiger partial charge in [-0.1, -0.05) is 41.5 Å². The molecule has 0 spiro atoms. The molecule has 3 aromatic rings. The smallest absolute Gasteiger partial charge is 0.287 e. The Kier molecular flexibility index (Phi) is 4.11. The summed E-state index contributed by atoms with van der Waals surface area (Å²) in [5.74, 6) is 0.155. The number of carbonyl (C=O) groups is 1. The Morgan fingerprint density at radius 3 is 2.42 bits per heavy atom. The summed E-state index contributed by atoms with van der Waals surface area (Å²) in [7, 11) is 0. The molecule has 1 heterocycles. The van der Waals surface area contributed by atoms with Crippen LogP contribution in [-0.4, -0.2) is 5.91 Å². The van der Waals surface area contributed by atoms with Gasteiger partial charge in [-0.25, -0.2) is 0 Å². The van der Waals surface area contributed by atoms with Crippen LogP contribution < -0.4 is 10.7 Å². The molecule has 4 nitrogen and oxygen atoms in total. The Balaban J connectivity index is 1.64. The molecule has 0 bridgehead atoms. The fourth-order valence-electron chi connectivity index (χ4n) is 3.27. The van der Waals surface area contributed by atoms with E-state index in [0.717, 1.165) is 24.0 Å². The van der Waals surface area contributed by atoms with Gasteiger partial charge in [0.15, 0.2) is 11.2 Å². The molecule has 1 aromatic heterocycles. The van der Waals surface area contributed by atoms with E-state index in [2.05, 4.69) is 29.6 Å². The highest BCUT2D eigenvalue weighted by atomic mass is 16.3. The maximum Gasteiger partial charge on any atom is 0.287 e. The van der Waals surface area contributed by atoms with Gasteiger partial charge in [0.05, 0.1) is 11.4 Å². The van der Waals surface area contributed by atoms with Gasteiger partial charge in [-0.15, -0.1) is 0 Å². The minimum absolute atomic E-state index is 0.0536. The lowest BCUT2D eigenvalue weighted by Crippen LogP contribution is -2.30. The zero-order valence-electron chi connectivity index (χ0n) is 14.9. The van der Waals surface area contributed by atoms with E-state index in [1.807, 2.05) is 19.9 Å². The SMILES string of the molecule is Cc1ccc(C(NC(=O)c2cc(=O)c3cc(C)ccc3o2)C2CC2)cc1. The Hall–Kier alpha value is -2.88. The molecule has 2 aromatic carbocycles. The topological polar surface area (TPSA) is 59.3 Å². The second-order valence-corrected chi connectivity index (χ2v) is 7.17. The number of rotatable bonds is 4. The molecule has 4 rings (SSSR count). The average Bonchev–Trinajstić information content (AvgIpc) is 3.46. The normalized spacial score (nSPS) is 15.0. The van der Waals surface area contributed by atoms with Gasteiger partial charge >= 0.3 is 0 Å². The van der Waals surface area contributed by atoms with Gasteiger partial charge in [-0.05, 0) is 50.3 Å². The average molecular weight is 347 g/mol. The second kappa shape index (κ2) is 6.45. The lowest BCUT2D eigenvalue weighted by molar-refractivity contribution is 0.0904. The van der Waals surface area contributed by atoms with Crippen molar-refractivity contribution in [1.82, 2.24) is 5.32 Å². The molecule has 132 valence electrons. The van der Waals surface area contributed by atoms with Crippen LogP contribution in [0.25, 0.3) is 11.0 Å². The van der Waals surface area contributed by atoms with Crippen LogP contribution in [0.15, 0.2) is 57.7 Å². The van der Waals surface area contributed by atoms with E-state index < -0.39 is 0 Å². The molecule has 1 amide bonds. The van der Waals surface area contributed by atoms with Crippen molar-refractivity contribution in [3.8, 4) is 0 Å². The van der Waals surface area contributed by atoms with Crippen molar-refractivity contribution in [2.24, 2.45) is 5.92 Å². The molecule has 0 aliphatic heterocycles. The fourth-order valence-corrected chi connectivity index (χ4v) is 3.27. The zero-order valence-corrected chi connectivity index (χ0v) is 14.9. The number of benzene rings is 2. The molecule has 1 saturated carbocycles. The molecule has 1 unspecified atom stereocenters. The molecule has 1 N–H and O–H groups in total. The highest BCUT2D eigenvalue weighted by Crippen LogP contribution is 2.41. The van der Waals surface area contributed by atoms with Crippen LogP contribution in [0.5, 0.6) is 0 Å². The Bertz CT molecular complexity index is 1030. The first-order valence-electron chi connectivity index (χ1n) is 8.93. The van der Waals surface area contributed by atoms with Crippen molar-refractivity contribution < 1.29 is 9.21 Å². The van der Waals surface area contributed by atoms with Crippen LogP contribution in [0.3, 0.4) is 0 Å². The second-order valence-electron chi connectivity index (χ2n) is 7.17. The van der Waals surface area contributed by atoms with Crippen molar-refractivity contribution in [1.29, 1.82) is 0 Å². The number of hydrogen-bond acceptors (Lipinski definition) is 3. The predicted octanol–water partition coefficient (Wildman–Crippen LogP) is 4.29. The summed E-state index contributed by atoms with van der Waals surface area (Å²) in [5, 5.41) is 3.56. The van der Waals surface area contributed by atoms with Crippen LogP contribution in [-0.2, 0) is 0 Å². The molecule has 1 fully saturated rings. The third-order valence-electron chi connectivity index (χ3n) is 4.92. The fraction of sp³-hybridized carbons (Fsp3) is 0.273. The van der Waals surface area contributed by atoms with Crippen LogP contribution >= 0.6 is 0 Å². The van der Waals surface area contributed by atoms with E-state index in [4.69, 9.17) is 4.42 Å². The van der Waals surface area contributed by atoms with E-state index in [-0.39, 0.29) is 23.1 Å². The molecule has 0 radical (unpaired) electrons. The summed E-state index contributed by atoms with van der Waals surface area (Å²) in [6.07, 6.45) is 2.19. The number of nitrogens with one attached hydrogen (secondary N) is 1. The minimum Gasteiger partial charge on any atom is -0.451 e. The van der Waals surface area contributed by atoms with Crippen LogP contribution in [0.2, 0.25) is 0 Å². The van der Waals surface area contributed by atoms with E-state index in [1.54, 1.807) is 12.1 Å². The minimum atomic E-state index is -0.345. The number of hydrogen-bond donors (Lipinski definition) is 1. The van der Waals surface area contributed by atoms with E-state index in [1.165, 1.54) is 11.6 Å². The van der Waals surface area contributed by atoms with Gasteiger partial charge in [0, 0.05) is 6.07 Å². The lowest BCUT2D eigenvalue weighted by atomic mass is 10.0. The zero-order chi connectivity index (χ0) is 18.3. The van der Waals surface area contributed by atoms with E-state index in [0.29, 0.717) is 16.9 Å². The van der Waals surface area contributed by atoms with Gasteiger partial charge in [0.2, 0.25) is 0 Å². The van der Waals surface area contributed by atoms with Gasteiger partial charge < -0.3 is 9.73 Å². The summed E-state index contributed by atoms with van der Waals surface area (Å²) in [4.78, 5) is 25.1. The molecule has 1 aliphatic carbocycles. The number of carbonyl (C=O) groups excluding carboxylic acids is 1. The van der Waals surface area contributed by atoms with E-state index >= 15 is 0 Å². The quantitative estimate of drug-likeness (QED) is 0.766. The summed E-state index contributed by atoms with van der Waals surface area (Å²) < 4.78 is 5.70. The third kappa shape index (κ3) is 3.27. The van der Waals surface area contributed by atoms with Gasteiger partial charge in [-0.3, -0.25) is 9.59 Å². The third-order valence-corrected chi connectivity index (χ3v) is 4.92. The number of fused-ring (bicyclic) bond motifs is 1. The predicted molar refractivity (Wildman–Crippen MR) is 101 cm³/mol. The van der Waals surface area contributed by atoms with Crippen molar-refractivity contribution in [3.63, 3.8) is 0 Å². The van der Waals surface area contributed by atoms with Crippen molar-refractivity contribution >= 4 is 16.9 Å². The van der Waals surface area contributed by atoms with Gasteiger partial charge in [-0.2, -0.15) is 0 Å². The van der Waals surface area contributed by atoms with Crippen LogP contribution in [0, 0.1) is 19.8 Å². The first kappa shape index (κ1) is 16.6. The first-order chi connectivity index (χ1) is 12.5. The van der Waals surface area contributed by atoms with Crippen molar-refractivity contribution in [3.05, 3.63) is 81.2 Å². The molecule has 1 atom stereocenters. The molecule has 26 heavy (non-hydrogen) atoms. The molecule has 4 heteroatoms. The maximum absolute atomic E-state index is 12.7. The summed E-state index contributed by atoms with van der Waals surface area (Å²) in [6.45, 7) is 3.96. The summed E-state index contributed by atoms with van der Waals surface area (Å²) in [6, 6.07) is 14.8. The van der Waals surface area contributed by atoms with Gasteiger partial charge in [0.1, 0.15) is 5.58 Å². The summed E-state index contributed by atoms with van der Waals surface area (Å²) >= 11 is 0. The van der Waals surface area contributed by atoms with Crippen molar-refractivity contribution in [2.45, 2.75) is 32.7 Å². The standard InChI is InChI=1S/C22H21NO3/c1-13-3-6-15(7-4-13)21(16-8-9-16)23-22(25)20-12-18(24)17-11-14(2)5-10-19(17)26-20/h3-7,10-12,16,21H,8-9H2,1-2H3,(H,23,25). The molecular weight excluding hydrogens is 326 g/mol. The summed E-state index contributed by atoms with van der Waals surface area (Å²) in [5.41, 5.74) is 3.50. The lowest BCUT2D eigenvalue weighted by Gasteiger charge is -2.18. The van der Waals surface area contributed by atoms with Crippen molar-refractivity contribution in [2.75, 3.05) is 0 Å². The van der Waals surface area contributed by atoms with Gasteiger partial charge in [0.25, 0.3) is 5.91 Å². The maximum atomic E-state index is 12.7. The molecule has 1 aliphatic rings. The number of aryl methyl sites for hydroxylation is 2. The first-order valence-corrected chi connectivity index (χ1v) is 8.93. The Labute approximate surface area is 151 Å². The Morgan fingerprint density at radius 2 is 1.73 bits per heavy atom. The van der Waals surface area contributed by atoms with Crippen LogP contribution in [0.1, 0.15) is 46.1 Å². The highest BCUT2D eigenvalue weighted by molar-refractivity contribution is 5.93. The number of amides is 1.